The number of hydrogen-bond acceptors (Lipinski definition) is 4. The van der Waals surface area contributed by atoms with E-state index >= 15 is 0 Å². The molecule has 2 aromatic rings. The van der Waals surface area contributed by atoms with Crippen molar-refractivity contribution < 1.29 is 9.31 Å². The van der Waals surface area contributed by atoms with Crippen molar-refractivity contribution in [1.82, 2.24) is 0 Å². The van der Waals surface area contributed by atoms with Crippen LogP contribution in [-0.4, -0.2) is 4.92 Å². The predicted octanol–water partition coefficient (Wildman–Crippen LogP) is 4.71. The highest BCUT2D eigenvalue weighted by Gasteiger charge is 2.11. The first-order valence-corrected chi connectivity index (χ1v) is 6.71. The van der Waals surface area contributed by atoms with Crippen LogP contribution in [0.2, 0.25) is 10.0 Å². The maximum absolute atomic E-state index is 13.0. The lowest BCUT2D eigenvalue weighted by atomic mass is 10.2. The molecule has 8 heteroatoms. The molecule has 1 aromatic heterocycles. The van der Waals surface area contributed by atoms with E-state index in [0.717, 1.165) is 29.0 Å². The molecule has 0 unspecified atom stereocenters. The van der Waals surface area contributed by atoms with E-state index in [-0.39, 0.29) is 15.0 Å². The number of halogens is 3. The zero-order valence-corrected chi connectivity index (χ0v) is 11.7. The number of nitro groups is 1. The van der Waals surface area contributed by atoms with E-state index < -0.39 is 10.7 Å². The molecule has 4 nitrogen and oxygen atoms in total. The van der Waals surface area contributed by atoms with E-state index in [2.05, 4.69) is 5.32 Å². The van der Waals surface area contributed by atoms with E-state index in [9.17, 15) is 14.5 Å². The number of rotatable bonds is 4. The second-order valence-electron chi connectivity index (χ2n) is 3.65. The summed E-state index contributed by atoms with van der Waals surface area (Å²) in [5.41, 5.74) is 1.13. The maximum atomic E-state index is 13.0. The van der Waals surface area contributed by atoms with Crippen molar-refractivity contribution in [1.29, 1.82) is 0 Å². The number of nitrogens with one attached hydrogen (secondary N) is 1. The Morgan fingerprint density at radius 2 is 1.95 bits per heavy atom. The largest absolute Gasteiger partial charge is 0.379 e. The zero-order valence-electron chi connectivity index (χ0n) is 9.32. The molecule has 1 heterocycles. The summed E-state index contributed by atoms with van der Waals surface area (Å²) >= 11 is 12.8. The number of benzene rings is 1. The van der Waals surface area contributed by atoms with Crippen LogP contribution in [0.5, 0.6) is 0 Å². The fraction of sp³-hybridized carbons (Fsp3) is 0.0909. The molecule has 19 heavy (non-hydrogen) atoms. The molecule has 0 fully saturated rings. The van der Waals surface area contributed by atoms with Gasteiger partial charge in [0.15, 0.2) is 0 Å². The Labute approximate surface area is 121 Å². The summed E-state index contributed by atoms with van der Waals surface area (Å²) < 4.78 is 13.0. The van der Waals surface area contributed by atoms with Gasteiger partial charge >= 0.3 is 5.00 Å². The fourth-order valence-corrected chi connectivity index (χ4v) is 2.78. The minimum absolute atomic E-state index is 0.0631. The summed E-state index contributed by atoms with van der Waals surface area (Å²) in [6.45, 7) is 0.315. The second kappa shape index (κ2) is 5.73. The molecule has 0 saturated carbocycles. The van der Waals surface area contributed by atoms with Crippen molar-refractivity contribution in [2.45, 2.75) is 6.54 Å². The quantitative estimate of drug-likeness (QED) is 0.655. The number of thiophene rings is 1. The smallest absolute Gasteiger partial charge is 0.324 e. The normalized spacial score (nSPS) is 10.5. The van der Waals surface area contributed by atoms with Crippen LogP contribution in [0.4, 0.5) is 15.1 Å². The van der Waals surface area contributed by atoms with Crippen LogP contribution in [0.1, 0.15) is 5.56 Å². The van der Waals surface area contributed by atoms with Crippen LogP contribution in [0.3, 0.4) is 0 Å². The van der Waals surface area contributed by atoms with Crippen LogP contribution in [0.15, 0.2) is 23.6 Å². The van der Waals surface area contributed by atoms with Crippen molar-refractivity contribution >= 4 is 45.2 Å². The Morgan fingerprint density at radius 1 is 1.32 bits per heavy atom. The molecule has 0 spiro atoms. The number of anilines is 1. The zero-order chi connectivity index (χ0) is 14.0. The summed E-state index contributed by atoms with van der Waals surface area (Å²) in [7, 11) is 0. The van der Waals surface area contributed by atoms with Gasteiger partial charge in [-0.1, -0.05) is 34.5 Å². The molecular weight excluding hydrogens is 314 g/mol. The van der Waals surface area contributed by atoms with Crippen molar-refractivity contribution in [2.24, 2.45) is 0 Å². The third-order valence-electron chi connectivity index (χ3n) is 2.30. The highest BCUT2D eigenvalue weighted by atomic mass is 35.5. The van der Waals surface area contributed by atoms with Crippen LogP contribution in [-0.2, 0) is 6.54 Å². The van der Waals surface area contributed by atoms with Crippen LogP contribution < -0.4 is 5.32 Å². The molecule has 0 saturated heterocycles. The minimum Gasteiger partial charge on any atom is -0.379 e. The van der Waals surface area contributed by atoms with Gasteiger partial charge in [0.25, 0.3) is 0 Å². The lowest BCUT2D eigenvalue weighted by Crippen LogP contribution is -2.00. The third kappa shape index (κ3) is 3.34. The highest BCUT2D eigenvalue weighted by molar-refractivity contribution is 7.13. The summed E-state index contributed by atoms with van der Waals surface area (Å²) in [4.78, 5) is 10.1. The Bertz CT molecular complexity index is 610. The van der Waals surface area contributed by atoms with Crippen molar-refractivity contribution in [3.8, 4) is 0 Å². The molecule has 0 atom stereocenters. The topological polar surface area (TPSA) is 55.2 Å². The van der Waals surface area contributed by atoms with Gasteiger partial charge in [-0.2, -0.15) is 0 Å². The van der Waals surface area contributed by atoms with Crippen molar-refractivity contribution in [3.63, 3.8) is 0 Å². The van der Waals surface area contributed by atoms with Crippen LogP contribution >= 0.6 is 34.5 Å². The van der Waals surface area contributed by atoms with Crippen LogP contribution in [0, 0.1) is 15.9 Å². The third-order valence-corrected chi connectivity index (χ3v) is 3.82. The van der Waals surface area contributed by atoms with E-state index in [1.807, 2.05) is 0 Å². The summed E-state index contributed by atoms with van der Waals surface area (Å²) in [6.07, 6.45) is 0. The first-order chi connectivity index (χ1) is 8.97. The average molecular weight is 321 g/mol. The van der Waals surface area contributed by atoms with Crippen molar-refractivity contribution in [3.05, 3.63) is 55.1 Å². The van der Waals surface area contributed by atoms with Gasteiger partial charge in [-0.25, -0.2) is 4.39 Å². The van der Waals surface area contributed by atoms with Gasteiger partial charge < -0.3 is 5.32 Å². The van der Waals surface area contributed by atoms with Gasteiger partial charge in [-0.05, 0) is 17.7 Å². The number of nitrogens with zero attached hydrogens (tertiary/aromatic N) is 1. The molecule has 100 valence electrons. The standard InChI is InChI=1S/C11H7Cl2FN2O2S/c12-8-2-7(14)3-9(13)11(8)15-4-6-1-10(16(17)18)19-5-6/h1-3,5,15H,4H2. The molecule has 1 N–H and O–H groups in total. The summed E-state index contributed by atoms with van der Waals surface area (Å²) in [6, 6.07) is 3.75. The lowest BCUT2D eigenvalue weighted by Gasteiger charge is -2.09. The Balaban J connectivity index is 2.12. The molecular formula is C11H7Cl2FN2O2S. The lowest BCUT2D eigenvalue weighted by molar-refractivity contribution is -0.380. The monoisotopic (exact) mass is 320 g/mol. The molecule has 1 aromatic carbocycles. The van der Waals surface area contributed by atoms with E-state index in [1.54, 1.807) is 5.38 Å². The van der Waals surface area contributed by atoms with Gasteiger partial charge in [-0.3, -0.25) is 10.1 Å². The minimum atomic E-state index is -0.522. The maximum Gasteiger partial charge on any atom is 0.324 e. The summed E-state index contributed by atoms with van der Waals surface area (Å²) in [5, 5.41) is 15.5. The average Bonchev–Trinajstić information content (AvgIpc) is 2.76. The van der Waals surface area contributed by atoms with Gasteiger partial charge in [0, 0.05) is 18.0 Å². The second-order valence-corrected chi connectivity index (χ2v) is 5.35. The van der Waals surface area contributed by atoms with E-state index in [4.69, 9.17) is 23.2 Å². The molecule has 0 bridgehead atoms. The molecule has 0 aliphatic heterocycles. The fourth-order valence-electron chi connectivity index (χ4n) is 1.45. The predicted molar refractivity (Wildman–Crippen MR) is 74.7 cm³/mol. The molecule has 0 radical (unpaired) electrons. The van der Waals surface area contributed by atoms with Crippen LogP contribution in [0.25, 0.3) is 0 Å². The molecule has 0 aliphatic rings. The SMILES string of the molecule is O=[N+]([O-])c1cc(CNc2c(Cl)cc(F)cc2Cl)cs1. The van der Waals surface area contributed by atoms with Gasteiger partial charge in [0.05, 0.1) is 20.7 Å². The molecule has 2 rings (SSSR count). The Morgan fingerprint density at radius 3 is 2.47 bits per heavy atom. The van der Waals surface area contributed by atoms with Crippen molar-refractivity contribution in [2.75, 3.05) is 5.32 Å². The molecule has 0 aliphatic carbocycles. The van der Waals surface area contributed by atoms with E-state index in [1.165, 1.54) is 6.07 Å². The Kier molecular flexibility index (Phi) is 4.24. The Hall–Kier alpha value is -1.37. The van der Waals surface area contributed by atoms with Gasteiger partial charge in [0.2, 0.25) is 0 Å². The van der Waals surface area contributed by atoms with Gasteiger partial charge in [0.1, 0.15) is 5.82 Å². The first kappa shape index (κ1) is 14.0. The van der Waals surface area contributed by atoms with E-state index in [0.29, 0.717) is 12.2 Å². The summed E-state index contributed by atoms with van der Waals surface area (Å²) in [5.74, 6) is -0.522. The highest BCUT2D eigenvalue weighted by Crippen LogP contribution is 2.32. The number of hydrogen-bond donors (Lipinski definition) is 1. The molecule has 0 amide bonds. The van der Waals surface area contributed by atoms with Gasteiger partial charge in [-0.15, -0.1) is 0 Å². The first-order valence-electron chi connectivity index (χ1n) is 5.07.